The Bertz CT molecular complexity index is 785. The maximum Gasteiger partial charge on any atom is 0.331 e. The maximum atomic E-state index is 11.7. The van der Waals surface area contributed by atoms with Crippen molar-refractivity contribution in [1.82, 2.24) is 4.98 Å². The first-order valence-corrected chi connectivity index (χ1v) is 7.78. The van der Waals surface area contributed by atoms with Crippen molar-refractivity contribution in [2.24, 2.45) is 0 Å². The minimum Gasteiger partial charge on any atom is -0.455 e. The van der Waals surface area contributed by atoms with Crippen LogP contribution in [0.25, 0.3) is 16.3 Å². The Morgan fingerprint density at radius 2 is 1.95 bits per heavy atom. The molecule has 0 unspecified atom stereocenters. The summed E-state index contributed by atoms with van der Waals surface area (Å²) in [6, 6.07) is 15.8. The number of aryl methyl sites for hydroxylation is 1. The molecule has 1 heterocycles. The molecule has 0 fully saturated rings. The summed E-state index contributed by atoms with van der Waals surface area (Å²) in [6.45, 7) is 2.23. The summed E-state index contributed by atoms with van der Waals surface area (Å²) in [6.07, 6.45) is 3.19. The molecular weight excluding hydrogens is 294 g/mol. The monoisotopic (exact) mass is 309 g/mol. The summed E-state index contributed by atoms with van der Waals surface area (Å²) in [5, 5.41) is 0.804. The second kappa shape index (κ2) is 6.54. The smallest absolute Gasteiger partial charge is 0.331 e. The number of hydrogen-bond acceptors (Lipinski definition) is 4. The number of aromatic nitrogens is 1. The Morgan fingerprint density at radius 3 is 2.73 bits per heavy atom. The Labute approximate surface area is 132 Å². The van der Waals surface area contributed by atoms with Gasteiger partial charge in [-0.2, -0.15) is 0 Å². The van der Waals surface area contributed by atoms with Gasteiger partial charge in [-0.05, 0) is 30.7 Å². The molecule has 0 saturated heterocycles. The Hall–Kier alpha value is -2.46. The number of ether oxygens (including phenoxy) is 1. The van der Waals surface area contributed by atoms with Crippen LogP contribution in [0.2, 0.25) is 0 Å². The standard InChI is InChI=1S/C18H15NO2S/c1-13-6-8-14(9-7-13)10-11-18(20)21-12-17-19-15-4-2-3-5-16(15)22-17/h2-11H,12H2,1H3/b11-10+. The molecule has 0 aliphatic heterocycles. The average Bonchev–Trinajstić information content (AvgIpc) is 2.95. The van der Waals surface area contributed by atoms with Gasteiger partial charge in [0, 0.05) is 6.08 Å². The number of hydrogen-bond donors (Lipinski definition) is 0. The van der Waals surface area contributed by atoms with Gasteiger partial charge in [0.25, 0.3) is 0 Å². The van der Waals surface area contributed by atoms with Gasteiger partial charge in [-0.15, -0.1) is 11.3 Å². The highest BCUT2D eigenvalue weighted by Gasteiger charge is 2.05. The molecule has 1 aromatic heterocycles. The quantitative estimate of drug-likeness (QED) is 0.531. The second-order valence-corrected chi connectivity index (χ2v) is 6.04. The van der Waals surface area contributed by atoms with E-state index < -0.39 is 0 Å². The Morgan fingerprint density at radius 1 is 1.18 bits per heavy atom. The van der Waals surface area contributed by atoms with Gasteiger partial charge >= 0.3 is 5.97 Å². The van der Waals surface area contributed by atoms with E-state index in [4.69, 9.17) is 4.74 Å². The van der Waals surface area contributed by atoms with Crippen molar-refractivity contribution in [2.75, 3.05) is 0 Å². The molecule has 0 amide bonds. The molecule has 3 rings (SSSR count). The third-order valence-corrected chi connectivity index (χ3v) is 4.18. The van der Waals surface area contributed by atoms with Crippen molar-refractivity contribution >= 4 is 33.6 Å². The molecule has 0 aliphatic carbocycles. The highest BCUT2D eigenvalue weighted by atomic mass is 32.1. The largest absolute Gasteiger partial charge is 0.455 e. The van der Waals surface area contributed by atoms with Crippen molar-refractivity contribution in [3.05, 3.63) is 70.7 Å². The predicted molar refractivity (Wildman–Crippen MR) is 89.6 cm³/mol. The van der Waals surface area contributed by atoms with E-state index in [1.165, 1.54) is 11.6 Å². The topological polar surface area (TPSA) is 39.2 Å². The fraction of sp³-hybridized carbons (Fsp3) is 0.111. The number of carbonyl (C=O) groups excluding carboxylic acids is 1. The second-order valence-electron chi connectivity index (χ2n) is 4.93. The van der Waals surface area contributed by atoms with Crippen LogP contribution in [0.15, 0.2) is 54.6 Å². The fourth-order valence-electron chi connectivity index (χ4n) is 2.00. The van der Waals surface area contributed by atoms with Gasteiger partial charge in [0.15, 0.2) is 0 Å². The molecule has 0 spiro atoms. The summed E-state index contributed by atoms with van der Waals surface area (Å²) in [5.41, 5.74) is 3.10. The lowest BCUT2D eigenvalue weighted by atomic mass is 10.1. The normalized spacial score (nSPS) is 11.1. The van der Waals surface area contributed by atoms with Gasteiger partial charge < -0.3 is 4.74 Å². The van der Waals surface area contributed by atoms with E-state index in [0.717, 1.165) is 20.8 Å². The third kappa shape index (κ3) is 3.59. The van der Waals surface area contributed by atoms with Gasteiger partial charge in [0.2, 0.25) is 0 Å². The van der Waals surface area contributed by atoms with Crippen LogP contribution in [0.5, 0.6) is 0 Å². The van der Waals surface area contributed by atoms with Crippen LogP contribution in [0.3, 0.4) is 0 Å². The summed E-state index contributed by atoms with van der Waals surface area (Å²) in [5.74, 6) is -0.361. The highest BCUT2D eigenvalue weighted by Crippen LogP contribution is 2.22. The van der Waals surface area contributed by atoms with Gasteiger partial charge in [-0.25, -0.2) is 9.78 Å². The zero-order valence-corrected chi connectivity index (χ0v) is 13.0. The number of rotatable bonds is 4. The molecule has 0 bridgehead atoms. The van der Waals surface area contributed by atoms with Crippen LogP contribution in [0.4, 0.5) is 0 Å². The van der Waals surface area contributed by atoms with Crippen molar-refractivity contribution in [3.8, 4) is 0 Å². The van der Waals surface area contributed by atoms with E-state index >= 15 is 0 Å². The first-order valence-electron chi connectivity index (χ1n) is 6.97. The number of fused-ring (bicyclic) bond motifs is 1. The molecule has 0 atom stereocenters. The zero-order chi connectivity index (χ0) is 15.4. The fourth-order valence-corrected chi connectivity index (χ4v) is 2.89. The van der Waals surface area contributed by atoms with E-state index in [1.54, 1.807) is 17.4 Å². The van der Waals surface area contributed by atoms with E-state index in [2.05, 4.69) is 4.98 Å². The summed E-state index contributed by atoms with van der Waals surface area (Å²) >= 11 is 1.54. The van der Waals surface area contributed by atoms with Crippen molar-refractivity contribution in [1.29, 1.82) is 0 Å². The van der Waals surface area contributed by atoms with E-state index in [0.29, 0.717) is 0 Å². The van der Waals surface area contributed by atoms with E-state index in [-0.39, 0.29) is 12.6 Å². The van der Waals surface area contributed by atoms with Gasteiger partial charge in [-0.3, -0.25) is 0 Å². The predicted octanol–water partition coefficient (Wildman–Crippen LogP) is 4.36. The third-order valence-electron chi connectivity index (χ3n) is 3.17. The van der Waals surface area contributed by atoms with Crippen LogP contribution in [0, 0.1) is 6.92 Å². The highest BCUT2D eigenvalue weighted by molar-refractivity contribution is 7.18. The maximum absolute atomic E-state index is 11.7. The molecule has 2 aromatic carbocycles. The molecule has 0 aliphatic rings. The van der Waals surface area contributed by atoms with Crippen molar-refractivity contribution in [2.45, 2.75) is 13.5 Å². The molecular formula is C18H15NO2S. The number of nitrogens with zero attached hydrogens (tertiary/aromatic N) is 1. The van der Waals surface area contributed by atoms with Crippen LogP contribution < -0.4 is 0 Å². The summed E-state index contributed by atoms with van der Waals surface area (Å²) in [7, 11) is 0. The zero-order valence-electron chi connectivity index (χ0n) is 12.2. The molecule has 22 heavy (non-hydrogen) atoms. The first kappa shape index (κ1) is 14.5. The van der Waals surface area contributed by atoms with Crippen molar-refractivity contribution in [3.63, 3.8) is 0 Å². The first-order chi connectivity index (χ1) is 10.7. The van der Waals surface area contributed by atoms with Crippen molar-refractivity contribution < 1.29 is 9.53 Å². The molecule has 4 heteroatoms. The van der Waals surface area contributed by atoms with Crippen LogP contribution >= 0.6 is 11.3 Å². The number of para-hydroxylation sites is 1. The van der Waals surface area contributed by atoms with Crippen LogP contribution in [0.1, 0.15) is 16.1 Å². The molecule has 3 nitrogen and oxygen atoms in total. The molecule has 110 valence electrons. The minimum absolute atomic E-state index is 0.205. The molecule has 0 radical (unpaired) electrons. The number of thiazole rings is 1. The Kier molecular flexibility index (Phi) is 4.30. The number of benzene rings is 2. The summed E-state index contributed by atoms with van der Waals surface area (Å²) in [4.78, 5) is 16.2. The molecule has 3 aromatic rings. The lowest BCUT2D eigenvalue weighted by molar-refractivity contribution is -0.138. The Balaban J connectivity index is 1.58. The minimum atomic E-state index is -0.361. The van der Waals surface area contributed by atoms with E-state index in [9.17, 15) is 4.79 Å². The van der Waals surface area contributed by atoms with E-state index in [1.807, 2.05) is 55.5 Å². The van der Waals surface area contributed by atoms with Gasteiger partial charge in [0.05, 0.1) is 10.2 Å². The van der Waals surface area contributed by atoms with Gasteiger partial charge in [-0.1, -0.05) is 42.0 Å². The lowest BCUT2D eigenvalue weighted by Crippen LogP contribution is -2.00. The van der Waals surface area contributed by atoms with Crippen LogP contribution in [-0.4, -0.2) is 11.0 Å². The molecule has 0 N–H and O–H groups in total. The van der Waals surface area contributed by atoms with Crippen LogP contribution in [-0.2, 0) is 16.1 Å². The average molecular weight is 309 g/mol. The number of esters is 1. The number of carbonyl (C=O) groups is 1. The lowest BCUT2D eigenvalue weighted by Gasteiger charge is -1.98. The SMILES string of the molecule is Cc1ccc(/C=C/C(=O)OCc2nc3ccccc3s2)cc1. The molecule has 0 saturated carbocycles. The van der Waals surface area contributed by atoms with Gasteiger partial charge in [0.1, 0.15) is 11.6 Å². The summed E-state index contributed by atoms with van der Waals surface area (Å²) < 4.78 is 6.33.